The number of carbonyl (C=O) groups excluding carboxylic acids is 1. The summed E-state index contributed by atoms with van der Waals surface area (Å²) in [4.78, 5) is 14.5. The van der Waals surface area contributed by atoms with Gasteiger partial charge in [0.25, 0.3) is 5.91 Å². The van der Waals surface area contributed by atoms with E-state index in [2.05, 4.69) is 34.5 Å². The number of nitrogens with zero attached hydrogens (tertiary/aromatic N) is 1. The maximum atomic E-state index is 12.3. The lowest BCUT2D eigenvalue weighted by atomic mass is 10.1. The van der Waals surface area contributed by atoms with Gasteiger partial charge in [-0.05, 0) is 44.0 Å². The number of amides is 1. The van der Waals surface area contributed by atoms with E-state index in [0.29, 0.717) is 6.61 Å². The molecule has 0 aromatic heterocycles. The molecule has 0 unspecified atom stereocenters. The molecule has 0 fully saturated rings. The molecule has 0 saturated heterocycles. The third-order valence-corrected chi connectivity index (χ3v) is 4.13. The zero-order chi connectivity index (χ0) is 16.2. The lowest BCUT2D eigenvalue weighted by molar-refractivity contribution is -0.126. The van der Waals surface area contributed by atoms with Crippen LogP contribution in [0.25, 0.3) is 0 Å². The number of carbonyl (C=O) groups is 1. The minimum absolute atomic E-state index is 0.119. The molecule has 0 saturated carbocycles. The Kier molecular flexibility index (Phi) is 4.63. The molecule has 4 heteroatoms. The van der Waals surface area contributed by atoms with E-state index < -0.39 is 6.10 Å². The van der Waals surface area contributed by atoms with Crippen molar-refractivity contribution in [2.75, 3.05) is 23.4 Å². The predicted octanol–water partition coefficient (Wildman–Crippen LogP) is 3.74. The molecule has 1 N–H and O–H groups in total. The Morgan fingerprint density at radius 1 is 1.17 bits per heavy atom. The number of para-hydroxylation sites is 3. The highest BCUT2D eigenvalue weighted by Gasteiger charge is 2.23. The van der Waals surface area contributed by atoms with Crippen LogP contribution in [0, 0.1) is 0 Å². The molecule has 120 valence electrons. The molecule has 0 bridgehead atoms. The highest BCUT2D eigenvalue weighted by atomic mass is 16.5. The standard InChI is InChI=1S/C19H22N2O2/c1-3-23-14(2)19(22)20-16-9-5-7-11-18(16)21-13-12-15-8-4-6-10-17(15)21/h4-11,14H,3,12-13H2,1-2H3,(H,20,22)/t14-/m0/s1. The Hall–Kier alpha value is -2.33. The molecule has 1 atom stereocenters. The van der Waals surface area contributed by atoms with Crippen LogP contribution >= 0.6 is 0 Å². The van der Waals surface area contributed by atoms with E-state index >= 15 is 0 Å². The Labute approximate surface area is 137 Å². The van der Waals surface area contributed by atoms with E-state index in [-0.39, 0.29) is 5.91 Å². The van der Waals surface area contributed by atoms with Gasteiger partial charge in [-0.1, -0.05) is 30.3 Å². The maximum Gasteiger partial charge on any atom is 0.253 e. The lowest BCUT2D eigenvalue weighted by Crippen LogP contribution is -2.28. The van der Waals surface area contributed by atoms with Crippen LogP contribution in [-0.2, 0) is 16.0 Å². The summed E-state index contributed by atoms with van der Waals surface area (Å²) in [6, 6.07) is 16.3. The maximum absolute atomic E-state index is 12.3. The Balaban J connectivity index is 1.86. The van der Waals surface area contributed by atoms with Crippen LogP contribution in [-0.4, -0.2) is 25.2 Å². The zero-order valence-corrected chi connectivity index (χ0v) is 13.6. The van der Waals surface area contributed by atoms with Crippen LogP contribution in [0.5, 0.6) is 0 Å². The summed E-state index contributed by atoms with van der Waals surface area (Å²) in [6.45, 7) is 5.11. The Morgan fingerprint density at radius 2 is 1.87 bits per heavy atom. The molecule has 0 aliphatic carbocycles. The average molecular weight is 310 g/mol. The van der Waals surface area contributed by atoms with Gasteiger partial charge in [0, 0.05) is 18.8 Å². The van der Waals surface area contributed by atoms with E-state index in [1.54, 1.807) is 6.92 Å². The van der Waals surface area contributed by atoms with E-state index in [4.69, 9.17) is 4.74 Å². The highest BCUT2D eigenvalue weighted by molar-refractivity contribution is 5.97. The number of hydrogen-bond donors (Lipinski definition) is 1. The number of hydrogen-bond acceptors (Lipinski definition) is 3. The van der Waals surface area contributed by atoms with Crippen molar-refractivity contribution in [2.45, 2.75) is 26.4 Å². The fraction of sp³-hybridized carbons (Fsp3) is 0.316. The van der Waals surface area contributed by atoms with Crippen LogP contribution in [0.2, 0.25) is 0 Å². The SMILES string of the molecule is CCO[C@@H](C)C(=O)Nc1ccccc1N1CCc2ccccc21. The van der Waals surface area contributed by atoms with Crippen molar-refractivity contribution in [3.05, 3.63) is 54.1 Å². The molecule has 1 amide bonds. The first-order valence-corrected chi connectivity index (χ1v) is 8.07. The molecule has 1 heterocycles. The van der Waals surface area contributed by atoms with Crippen molar-refractivity contribution in [3.63, 3.8) is 0 Å². The molecule has 2 aromatic carbocycles. The predicted molar refractivity (Wildman–Crippen MR) is 93.3 cm³/mol. The van der Waals surface area contributed by atoms with E-state index in [9.17, 15) is 4.79 Å². The first kappa shape index (κ1) is 15.6. The summed E-state index contributed by atoms with van der Waals surface area (Å²) in [7, 11) is 0. The summed E-state index contributed by atoms with van der Waals surface area (Å²) in [5, 5.41) is 3.00. The first-order chi connectivity index (χ1) is 11.2. The minimum Gasteiger partial charge on any atom is -0.369 e. The van der Waals surface area contributed by atoms with Crippen molar-refractivity contribution in [2.24, 2.45) is 0 Å². The first-order valence-electron chi connectivity index (χ1n) is 8.07. The van der Waals surface area contributed by atoms with Gasteiger partial charge >= 0.3 is 0 Å². The van der Waals surface area contributed by atoms with Crippen LogP contribution in [0.15, 0.2) is 48.5 Å². The summed E-state index contributed by atoms with van der Waals surface area (Å²) in [5.41, 5.74) is 4.40. The Morgan fingerprint density at radius 3 is 2.65 bits per heavy atom. The monoisotopic (exact) mass is 310 g/mol. The molecule has 4 nitrogen and oxygen atoms in total. The van der Waals surface area contributed by atoms with Crippen molar-refractivity contribution in [1.82, 2.24) is 0 Å². The highest BCUT2D eigenvalue weighted by Crippen LogP contribution is 2.38. The second-order valence-electron chi connectivity index (χ2n) is 5.63. The van der Waals surface area contributed by atoms with Crippen LogP contribution < -0.4 is 10.2 Å². The molecule has 2 aromatic rings. The molecular weight excluding hydrogens is 288 g/mol. The fourth-order valence-corrected chi connectivity index (χ4v) is 2.96. The zero-order valence-electron chi connectivity index (χ0n) is 13.6. The number of benzene rings is 2. The van der Waals surface area contributed by atoms with Gasteiger partial charge in [0.15, 0.2) is 0 Å². The molecule has 3 rings (SSSR count). The summed E-state index contributed by atoms with van der Waals surface area (Å²) in [5.74, 6) is -0.119. The van der Waals surface area contributed by atoms with Gasteiger partial charge in [-0.2, -0.15) is 0 Å². The smallest absolute Gasteiger partial charge is 0.253 e. The van der Waals surface area contributed by atoms with E-state index in [0.717, 1.165) is 24.3 Å². The normalized spacial score (nSPS) is 14.4. The van der Waals surface area contributed by atoms with E-state index in [1.165, 1.54) is 11.3 Å². The third-order valence-electron chi connectivity index (χ3n) is 4.13. The topological polar surface area (TPSA) is 41.6 Å². The second-order valence-corrected chi connectivity index (χ2v) is 5.63. The summed E-state index contributed by atoms with van der Waals surface area (Å²) >= 11 is 0. The molecule has 23 heavy (non-hydrogen) atoms. The van der Waals surface area contributed by atoms with Gasteiger partial charge in [-0.25, -0.2) is 0 Å². The Bertz CT molecular complexity index is 699. The summed E-state index contributed by atoms with van der Waals surface area (Å²) in [6.07, 6.45) is 0.562. The number of nitrogens with one attached hydrogen (secondary N) is 1. The van der Waals surface area contributed by atoms with Gasteiger partial charge in [0.1, 0.15) is 6.10 Å². The lowest BCUT2D eigenvalue weighted by Gasteiger charge is -2.23. The van der Waals surface area contributed by atoms with Crippen molar-refractivity contribution >= 4 is 23.0 Å². The van der Waals surface area contributed by atoms with Crippen LogP contribution in [0.1, 0.15) is 19.4 Å². The van der Waals surface area contributed by atoms with E-state index in [1.807, 2.05) is 31.2 Å². The molecule has 1 aliphatic rings. The third kappa shape index (κ3) is 3.22. The number of anilines is 3. The van der Waals surface area contributed by atoms with Crippen molar-refractivity contribution in [3.8, 4) is 0 Å². The summed E-state index contributed by atoms with van der Waals surface area (Å²) < 4.78 is 5.37. The van der Waals surface area contributed by atoms with Gasteiger partial charge in [-0.15, -0.1) is 0 Å². The second kappa shape index (κ2) is 6.84. The van der Waals surface area contributed by atoms with Gasteiger partial charge < -0.3 is 15.0 Å². The molecular formula is C19H22N2O2. The van der Waals surface area contributed by atoms with Crippen LogP contribution in [0.3, 0.4) is 0 Å². The average Bonchev–Trinajstić information content (AvgIpc) is 2.99. The van der Waals surface area contributed by atoms with Gasteiger partial charge in [0.05, 0.1) is 11.4 Å². The molecule has 0 spiro atoms. The van der Waals surface area contributed by atoms with Crippen molar-refractivity contribution in [1.29, 1.82) is 0 Å². The molecule has 1 aliphatic heterocycles. The minimum atomic E-state index is -0.459. The number of rotatable bonds is 5. The molecule has 0 radical (unpaired) electrons. The van der Waals surface area contributed by atoms with Crippen LogP contribution in [0.4, 0.5) is 17.1 Å². The van der Waals surface area contributed by atoms with Crippen molar-refractivity contribution < 1.29 is 9.53 Å². The number of fused-ring (bicyclic) bond motifs is 1. The largest absolute Gasteiger partial charge is 0.369 e. The quantitative estimate of drug-likeness (QED) is 0.914. The van der Waals surface area contributed by atoms with Gasteiger partial charge in [0.2, 0.25) is 0 Å². The number of ether oxygens (including phenoxy) is 1. The van der Waals surface area contributed by atoms with Gasteiger partial charge in [-0.3, -0.25) is 4.79 Å². The fourth-order valence-electron chi connectivity index (χ4n) is 2.96.